The minimum atomic E-state index is 0.594. The summed E-state index contributed by atoms with van der Waals surface area (Å²) in [5.74, 6) is 0. The fraction of sp³-hybridized carbons (Fsp3) is 0.294. The van der Waals surface area contributed by atoms with Crippen LogP contribution in [0.4, 0.5) is 5.69 Å². The van der Waals surface area contributed by atoms with Crippen molar-refractivity contribution >= 4 is 21.6 Å². The van der Waals surface area contributed by atoms with Crippen LogP contribution in [-0.2, 0) is 17.9 Å². The lowest BCUT2D eigenvalue weighted by Gasteiger charge is -2.14. The van der Waals surface area contributed by atoms with Crippen molar-refractivity contribution < 1.29 is 4.74 Å². The summed E-state index contributed by atoms with van der Waals surface area (Å²) in [4.78, 5) is 0. The van der Waals surface area contributed by atoms with Crippen LogP contribution in [0.3, 0.4) is 0 Å². The topological polar surface area (TPSA) is 21.3 Å². The van der Waals surface area contributed by atoms with E-state index in [4.69, 9.17) is 4.74 Å². The van der Waals surface area contributed by atoms with Gasteiger partial charge in [0.15, 0.2) is 0 Å². The van der Waals surface area contributed by atoms with Crippen LogP contribution in [0, 0.1) is 13.8 Å². The molecule has 20 heavy (non-hydrogen) atoms. The van der Waals surface area contributed by atoms with E-state index in [1.807, 2.05) is 12.1 Å². The van der Waals surface area contributed by atoms with Gasteiger partial charge in [-0.2, -0.15) is 0 Å². The summed E-state index contributed by atoms with van der Waals surface area (Å²) in [6.07, 6.45) is 0. The minimum absolute atomic E-state index is 0.594. The molecule has 0 saturated heterocycles. The number of nitrogens with one attached hydrogen (secondary N) is 1. The van der Waals surface area contributed by atoms with Crippen molar-refractivity contribution in [3.8, 4) is 0 Å². The van der Waals surface area contributed by atoms with Crippen LogP contribution in [0.1, 0.15) is 22.3 Å². The van der Waals surface area contributed by atoms with Gasteiger partial charge in [-0.25, -0.2) is 0 Å². The molecule has 0 amide bonds. The maximum absolute atomic E-state index is 5.27. The van der Waals surface area contributed by atoms with E-state index in [2.05, 4.69) is 59.4 Å². The summed E-state index contributed by atoms with van der Waals surface area (Å²) in [7, 11) is 1.72. The monoisotopic (exact) mass is 333 g/mol. The van der Waals surface area contributed by atoms with Crippen molar-refractivity contribution in [2.75, 3.05) is 12.4 Å². The number of hydrogen-bond donors (Lipinski definition) is 1. The summed E-state index contributed by atoms with van der Waals surface area (Å²) in [5, 5.41) is 3.51. The molecule has 3 heteroatoms. The third kappa shape index (κ3) is 3.62. The lowest BCUT2D eigenvalue weighted by atomic mass is 10.1. The number of ether oxygens (including phenoxy) is 1. The highest BCUT2D eigenvalue weighted by Gasteiger charge is 2.07. The van der Waals surface area contributed by atoms with Gasteiger partial charge in [-0.3, -0.25) is 0 Å². The van der Waals surface area contributed by atoms with E-state index in [9.17, 15) is 0 Å². The summed E-state index contributed by atoms with van der Waals surface area (Å²) in [6, 6.07) is 12.7. The van der Waals surface area contributed by atoms with Crippen LogP contribution in [0.2, 0.25) is 0 Å². The van der Waals surface area contributed by atoms with Crippen LogP contribution in [-0.4, -0.2) is 7.11 Å². The molecule has 106 valence electrons. The van der Waals surface area contributed by atoms with E-state index in [1.54, 1.807) is 7.11 Å². The van der Waals surface area contributed by atoms with E-state index in [-0.39, 0.29) is 0 Å². The number of methoxy groups -OCH3 is 1. The van der Waals surface area contributed by atoms with E-state index < -0.39 is 0 Å². The zero-order chi connectivity index (χ0) is 14.5. The first-order valence-electron chi connectivity index (χ1n) is 6.68. The smallest absolute Gasteiger partial charge is 0.0744 e. The first kappa shape index (κ1) is 15.1. The first-order valence-corrected chi connectivity index (χ1v) is 7.47. The molecule has 0 unspecified atom stereocenters. The molecular weight excluding hydrogens is 314 g/mol. The van der Waals surface area contributed by atoms with Gasteiger partial charge in [0, 0.05) is 29.4 Å². The Bertz CT molecular complexity index is 596. The van der Waals surface area contributed by atoms with Crippen molar-refractivity contribution in [3.05, 3.63) is 63.1 Å². The van der Waals surface area contributed by atoms with Gasteiger partial charge in [0.1, 0.15) is 0 Å². The van der Waals surface area contributed by atoms with E-state index in [1.165, 1.54) is 16.7 Å². The van der Waals surface area contributed by atoms with Gasteiger partial charge >= 0.3 is 0 Å². The number of rotatable bonds is 5. The number of halogens is 1. The molecule has 0 saturated carbocycles. The quantitative estimate of drug-likeness (QED) is 0.846. The highest BCUT2D eigenvalue weighted by molar-refractivity contribution is 9.10. The van der Waals surface area contributed by atoms with Crippen molar-refractivity contribution in [2.45, 2.75) is 27.0 Å². The van der Waals surface area contributed by atoms with Crippen molar-refractivity contribution in [1.82, 2.24) is 0 Å². The van der Waals surface area contributed by atoms with Gasteiger partial charge in [0.05, 0.1) is 6.61 Å². The summed E-state index contributed by atoms with van der Waals surface area (Å²) in [6.45, 7) is 5.68. The first-order chi connectivity index (χ1) is 9.61. The number of hydrogen-bond acceptors (Lipinski definition) is 2. The standard InChI is InChI=1S/C17H20BrNO/c1-12-7-8-13(2)14(9-12)10-19-17-6-4-5-16(18)15(17)11-20-3/h4-9,19H,10-11H2,1-3H3. The molecule has 2 aromatic carbocycles. The van der Waals surface area contributed by atoms with Gasteiger partial charge in [-0.15, -0.1) is 0 Å². The third-order valence-electron chi connectivity index (χ3n) is 3.38. The molecule has 0 bridgehead atoms. The van der Waals surface area contributed by atoms with Crippen LogP contribution >= 0.6 is 15.9 Å². The molecule has 0 aliphatic rings. The molecule has 0 fully saturated rings. The van der Waals surface area contributed by atoms with Gasteiger partial charge < -0.3 is 10.1 Å². The Labute approximate surface area is 129 Å². The Morgan fingerprint density at radius 1 is 1.15 bits per heavy atom. The second-order valence-electron chi connectivity index (χ2n) is 4.98. The second kappa shape index (κ2) is 6.91. The largest absolute Gasteiger partial charge is 0.381 e. The van der Waals surface area contributed by atoms with E-state index >= 15 is 0 Å². The van der Waals surface area contributed by atoms with Gasteiger partial charge in [-0.1, -0.05) is 45.8 Å². The average molecular weight is 334 g/mol. The van der Waals surface area contributed by atoms with Crippen molar-refractivity contribution in [2.24, 2.45) is 0 Å². The fourth-order valence-electron chi connectivity index (χ4n) is 2.20. The fourth-order valence-corrected chi connectivity index (χ4v) is 2.68. The molecule has 2 aromatic rings. The molecular formula is C17H20BrNO. The van der Waals surface area contributed by atoms with Crippen molar-refractivity contribution in [1.29, 1.82) is 0 Å². The molecule has 0 heterocycles. The molecule has 0 atom stereocenters. The number of benzene rings is 2. The average Bonchev–Trinajstić information content (AvgIpc) is 2.43. The van der Waals surface area contributed by atoms with Crippen molar-refractivity contribution in [3.63, 3.8) is 0 Å². The normalized spacial score (nSPS) is 10.6. The van der Waals surface area contributed by atoms with Crippen LogP contribution in [0.5, 0.6) is 0 Å². The number of aryl methyl sites for hydroxylation is 2. The second-order valence-corrected chi connectivity index (χ2v) is 5.84. The Hall–Kier alpha value is -1.32. The summed E-state index contributed by atoms with van der Waals surface area (Å²) < 4.78 is 6.35. The van der Waals surface area contributed by atoms with Crippen LogP contribution in [0.15, 0.2) is 40.9 Å². The molecule has 0 aliphatic carbocycles. The molecule has 0 aromatic heterocycles. The minimum Gasteiger partial charge on any atom is -0.381 e. The summed E-state index contributed by atoms with van der Waals surface area (Å²) >= 11 is 3.58. The van der Waals surface area contributed by atoms with E-state index in [0.717, 1.165) is 22.3 Å². The highest BCUT2D eigenvalue weighted by atomic mass is 79.9. The zero-order valence-electron chi connectivity index (χ0n) is 12.2. The Kier molecular flexibility index (Phi) is 5.21. The zero-order valence-corrected chi connectivity index (χ0v) is 13.8. The number of anilines is 1. The molecule has 1 N–H and O–H groups in total. The lowest BCUT2D eigenvalue weighted by Crippen LogP contribution is -2.05. The molecule has 2 rings (SSSR count). The van der Waals surface area contributed by atoms with Crippen LogP contribution < -0.4 is 5.32 Å². The van der Waals surface area contributed by atoms with Gasteiger partial charge in [-0.05, 0) is 37.1 Å². The molecule has 0 spiro atoms. The Morgan fingerprint density at radius 3 is 2.70 bits per heavy atom. The Balaban J connectivity index is 2.18. The predicted octanol–water partition coefficient (Wildman–Crippen LogP) is 4.82. The third-order valence-corrected chi connectivity index (χ3v) is 4.12. The maximum Gasteiger partial charge on any atom is 0.0744 e. The Morgan fingerprint density at radius 2 is 1.95 bits per heavy atom. The molecule has 0 aliphatic heterocycles. The highest BCUT2D eigenvalue weighted by Crippen LogP contribution is 2.26. The van der Waals surface area contributed by atoms with Crippen LogP contribution in [0.25, 0.3) is 0 Å². The molecule has 2 nitrogen and oxygen atoms in total. The maximum atomic E-state index is 5.27. The lowest BCUT2D eigenvalue weighted by molar-refractivity contribution is 0.185. The predicted molar refractivity (Wildman–Crippen MR) is 88.1 cm³/mol. The molecule has 0 radical (unpaired) electrons. The SMILES string of the molecule is COCc1c(Br)cccc1NCc1cc(C)ccc1C. The van der Waals surface area contributed by atoms with E-state index in [0.29, 0.717) is 6.61 Å². The van der Waals surface area contributed by atoms with Gasteiger partial charge in [0.2, 0.25) is 0 Å². The summed E-state index contributed by atoms with van der Waals surface area (Å²) in [5.41, 5.74) is 6.20. The van der Waals surface area contributed by atoms with Gasteiger partial charge in [0.25, 0.3) is 0 Å².